The Kier molecular flexibility index (Phi) is 2.93. The summed E-state index contributed by atoms with van der Waals surface area (Å²) in [7, 11) is 0. The van der Waals surface area contributed by atoms with E-state index in [-0.39, 0.29) is 10.4 Å². The highest BCUT2D eigenvalue weighted by Gasteiger charge is 2.05. The summed E-state index contributed by atoms with van der Waals surface area (Å²) in [5.74, 6) is 0.486. The van der Waals surface area contributed by atoms with Crippen LogP contribution >= 0.6 is 24.0 Å². The average Bonchev–Trinajstić information content (AvgIpc) is 2.24. The zero-order chi connectivity index (χ0) is 10.8. The molecule has 0 aliphatic rings. The highest BCUT2D eigenvalue weighted by Crippen LogP contribution is 2.10. The SMILES string of the molecule is O=c1sc2ccccc2c(=O)n1CCS. The summed E-state index contributed by atoms with van der Waals surface area (Å²) < 4.78 is 1.97. The molecule has 5 heteroatoms. The third-order valence-corrected chi connectivity index (χ3v) is 3.27. The molecule has 2 aromatic rings. The second-order valence-electron chi connectivity index (χ2n) is 3.04. The third kappa shape index (κ3) is 1.85. The van der Waals surface area contributed by atoms with Gasteiger partial charge >= 0.3 is 4.87 Å². The Morgan fingerprint density at radius 3 is 2.73 bits per heavy atom. The van der Waals surface area contributed by atoms with Crippen LogP contribution < -0.4 is 10.4 Å². The minimum atomic E-state index is -0.219. The molecule has 0 bridgehead atoms. The molecule has 1 heterocycles. The van der Waals surface area contributed by atoms with Crippen molar-refractivity contribution in [2.45, 2.75) is 6.54 Å². The maximum Gasteiger partial charge on any atom is 0.310 e. The van der Waals surface area contributed by atoms with Crippen LogP contribution in [-0.2, 0) is 6.54 Å². The predicted octanol–water partition coefficient (Wildman–Crippen LogP) is 1.35. The van der Waals surface area contributed by atoms with E-state index in [1.165, 1.54) is 4.57 Å². The lowest BCUT2D eigenvalue weighted by Gasteiger charge is -2.02. The molecule has 1 aromatic heterocycles. The number of hydrogen-bond acceptors (Lipinski definition) is 4. The van der Waals surface area contributed by atoms with Crippen molar-refractivity contribution in [3.8, 4) is 0 Å². The van der Waals surface area contributed by atoms with Crippen LogP contribution in [0.3, 0.4) is 0 Å². The fraction of sp³-hybridized carbons (Fsp3) is 0.200. The topological polar surface area (TPSA) is 39.1 Å². The number of hydrogen-bond donors (Lipinski definition) is 1. The number of rotatable bonds is 2. The third-order valence-electron chi connectivity index (χ3n) is 2.10. The quantitative estimate of drug-likeness (QED) is 0.804. The normalized spacial score (nSPS) is 10.7. The molecule has 0 spiro atoms. The summed E-state index contributed by atoms with van der Waals surface area (Å²) in [5.41, 5.74) is -0.219. The van der Waals surface area contributed by atoms with E-state index in [0.717, 1.165) is 16.0 Å². The molecule has 0 aliphatic carbocycles. The van der Waals surface area contributed by atoms with Crippen LogP contribution in [0.15, 0.2) is 33.9 Å². The second kappa shape index (κ2) is 4.20. The van der Waals surface area contributed by atoms with Crippen LogP contribution in [-0.4, -0.2) is 10.3 Å². The molecule has 78 valence electrons. The Morgan fingerprint density at radius 1 is 1.27 bits per heavy atom. The molecule has 0 radical (unpaired) electrons. The van der Waals surface area contributed by atoms with Crippen LogP contribution in [0.1, 0.15) is 0 Å². The highest BCUT2D eigenvalue weighted by molar-refractivity contribution is 7.80. The van der Waals surface area contributed by atoms with Crippen LogP contribution in [0.25, 0.3) is 10.1 Å². The summed E-state index contributed by atoms with van der Waals surface area (Å²) in [6.45, 7) is 0.363. The zero-order valence-electron chi connectivity index (χ0n) is 7.84. The lowest BCUT2D eigenvalue weighted by atomic mass is 10.3. The highest BCUT2D eigenvalue weighted by atomic mass is 32.1. The minimum absolute atomic E-state index is 0.215. The molecule has 0 N–H and O–H groups in total. The second-order valence-corrected chi connectivity index (χ2v) is 4.48. The number of thiol groups is 1. The summed E-state index contributed by atoms with van der Waals surface area (Å²) >= 11 is 5.12. The van der Waals surface area contributed by atoms with Crippen molar-refractivity contribution in [2.75, 3.05) is 5.75 Å². The molecule has 3 nitrogen and oxygen atoms in total. The van der Waals surface area contributed by atoms with Crippen molar-refractivity contribution in [3.05, 3.63) is 44.3 Å². The average molecular weight is 239 g/mol. The number of nitrogens with zero attached hydrogens (tertiary/aromatic N) is 1. The molecule has 0 amide bonds. The molecule has 0 atom stereocenters. The summed E-state index contributed by atoms with van der Waals surface area (Å²) in [6.07, 6.45) is 0. The van der Waals surface area contributed by atoms with E-state index in [0.29, 0.717) is 17.7 Å². The monoisotopic (exact) mass is 239 g/mol. The molecule has 0 fully saturated rings. The Bertz CT molecular complexity index is 600. The van der Waals surface area contributed by atoms with Crippen LogP contribution in [0.2, 0.25) is 0 Å². The van der Waals surface area contributed by atoms with E-state index in [1.54, 1.807) is 18.2 Å². The van der Waals surface area contributed by atoms with Crippen molar-refractivity contribution in [1.82, 2.24) is 4.57 Å². The van der Waals surface area contributed by atoms with E-state index < -0.39 is 0 Å². The molecule has 2 rings (SSSR count). The number of fused-ring (bicyclic) bond motifs is 1. The van der Waals surface area contributed by atoms with Gasteiger partial charge in [-0.15, -0.1) is 0 Å². The summed E-state index contributed by atoms with van der Waals surface area (Å²) in [5, 5.41) is 0.601. The van der Waals surface area contributed by atoms with Crippen LogP contribution in [0, 0.1) is 0 Å². The maximum atomic E-state index is 11.9. The number of aromatic nitrogens is 1. The van der Waals surface area contributed by atoms with Gasteiger partial charge in [0.2, 0.25) is 0 Å². The maximum absolute atomic E-state index is 11.9. The molecule has 15 heavy (non-hydrogen) atoms. The van der Waals surface area contributed by atoms with Gasteiger partial charge in [0, 0.05) is 17.0 Å². The van der Waals surface area contributed by atoms with E-state index in [1.807, 2.05) is 6.07 Å². The minimum Gasteiger partial charge on any atom is -0.269 e. The largest absolute Gasteiger partial charge is 0.310 e. The Labute approximate surface area is 95.4 Å². The van der Waals surface area contributed by atoms with Crippen molar-refractivity contribution >= 4 is 34.1 Å². The lowest BCUT2D eigenvalue weighted by Crippen LogP contribution is -2.31. The van der Waals surface area contributed by atoms with Gasteiger partial charge in [0.1, 0.15) is 0 Å². The van der Waals surface area contributed by atoms with Crippen molar-refractivity contribution in [1.29, 1.82) is 0 Å². The van der Waals surface area contributed by atoms with Crippen molar-refractivity contribution < 1.29 is 0 Å². The smallest absolute Gasteiger partial charge is 0.269 e. The van der Waals surface area contributed by atoms with Gasteiger partial charge in [-0.05, 0) is 12.1 Å². The first-order valence-corrected chi connectivity index (χ1v) is 5.92. The summed E-state index contributed by atoms with van der Waals surface area (Å²) in [4.78, 5) is 23.3. The molecule has 0 saturated carbocycles. The fourth-order valence-electron chi connectivity index (χ4n) is 1.40. The Hall–Kier alpha value is -1.07. The van der Waals surface area contributed by atoms with E-state index in [2.05, 4.69) is 12.6 Å². The zero-order valence-corrected chi connectivity index (χ0v) is 9.55. The van der Waals surface area contributed by atoms with Gasteiger partial charge in [0.05, 0.1) is 5.39 Å². The van der Waals surface area contributed by atoms with Gasteiger partial charge in [-0.2, -0.15) is 12.6 Å². The van der Waals surface area contributed by atoms with E-state index in [4.69, 9.17) is 0 Å². The molecule has 0 aliphatic heterocycles. The van der Waals surface area contributed by atoms with Crippen molar-refractivity contribution in [2.24, 2.45) is 0 Å². The van der Waals surface area contributed by atoms with Gasteiger partial charge in [-0.25, -0.2) is 0 Å². The fourth-order valence-corrected chi connectivity index (χ4v) is 2.49. The van der Waals surface area contributed by atoms with Gasteiger partial charge in [0.25, 0.3) is 5.56 Å². The summed E-state index contributed by atoms with van der Waals surface area (Å²) in [6, 6.07) is 7.14. The van der Waals surface area contributed by atoms with Crippen LogP contribution in [0.4, 0.5) is 0 Å². The van der Waals surface area contributed by atoms with E-state index >= 15 is 0 Å². The first-order chi connectivity index (χ1) is 7.24. The standard InChI is InChI=1S/C10H9NO2S2/c12-9-7-3-1-2-4-8(7)15-10(13)11(9)5-6-14/h1-4,14H,5-6H2. The van der Waals surface area contributed by atoms with E-state index in [9.17, 15) is 9.59 Å². The van der Waals surface area contributed by atoms with Crippen LogP contribution in [0.5, 0.6) is 0 Å². The number of benzene rings is 1. The van der Waals surface area contributed by atoms with Gasteiger partial charge in [0.15, 0.2) is 0 Å². The molecule has 0 saturated heterocycles. The Balaban J connectivity index is 2.85. The predicted molar refractivity (Wildman–Crippen MR) is 66.2 cm³/mol. The van der Waals surface area contributed by atoms with Gasteiger partial charge in [-0.1, -0.05) is 23.5 Å². The lowest BCUT2D eigenvalue weighted by molar-refractivity contribution is 0.730. The van der Waals surface area contributed by atoms with Crippen molar-refractivity contribution in [3.63, 3.8) is 0 Å². The van der Waals surface area contributed by atoms with Gasteiger partial charge < -0.3 is 0 Å². The Morgan fingerprint density at radius 2 is 2.00 bits per heavy atom. The molecule has 0 unspecified atom stereocenters. The first kappa shape index (κ1) is 10.4. The first-order valence-electron chi connectivity index (χ1n) is 4.47. The van der Waals surface area contributed by atoms with Gasteiger partial charge in [-0.3, -0.25) is 14.2 Å². The molecular formula is C10H9NO2S2. The molecule has 1 aromatic carbocycles. The molecular weight excluding hydrogens is 230 g/mol.